The van der Waals surface area contributed by atoms with E-state index in [-0.39, 0.29) is 11.7 Å². The number of hydrogen-bond donors (Lipinski definition) is 1. The number of carbonyl (C=O) groups is 1. The summed E-state index contributed by atoms with van der Waals surface area (Å²) in [4.78, 5) is 12.1. The number of nitrogens with zero attached hydrogens (tertiary/aromatic N) is 2. The van der Waals surface area contributed by atoms with Crippen LogP contribution in [0.2, 0.25) is 0 Å². The Labute approximate surface area is 159 Å². The molecule has 1 aromatic heterocycles. The highest BCUT2D eigenvalue weighted by Gasteiger charge is 2.14. The summed E-state index contributed by atoms with van der Waals surface area (Å²) in [6.45, 7) is 4.59. The fourth-order valence-electron chi connectivity index (χ4n) is 2.80. The molecule has 4 nitrogen and oxygen atoms in total. The Morgan fingerprint density at radius 1 is 1.11 bits per heavy atom. The van der Waals surface area contributed by atoms with Gasteiger partial charge in [0.15, 0.2) is 0 Å². The van der Waals surface area contributed by atoms with Gasteiger partial charge in [0.25, 0.3) is 0 Å². The molecule has 0 aliphatic rings. The maximum absolute atomic E-state index is 13.3. The minimum Gasteiger partial charge on any atom is -0.352 e. The standard InChI is InChI=1S/C22H24FN3O/c1-16(2)8-13-21(27)24-14-18-15-26(20-6-4-3-5-7-20)25-22(18)17-9-11-19(23)12-10-17/h3-7,9-12,15-16H,8,13-14H2,1-2H3,(H,24,27). The number of hydrogen-bond acceptors (Lipinski definition) is 2. The molecular weight excluding hydrogens is 341 g/mol. The van der Waals surface area contributed by atoms with E-state index in [0.29, 0.717) is 18.9 Å². The van der Waals surface area contributed by atoms with Gasteiger partial charge in [0.2, 0.25) is 5.91 Å². The summed E-state index contributed by atoms with van der Waals surface area (Å²) >= 11 is 0. The smallest absolute Gasteiger partial charge is 0.220 e. The van der Waals surface area contributed by atoms with Crippen LogP contribution in [0.5, 0.6) is 0 Å². The molecule has 0 aliphatic carbocycles. The molecule has 0 spiro atoms. The SMILES string of the molecule is CC(C)CCC(=O)NCc1cn(-c2ccccc2)nc1-c1ccc(F)cc1. The lowest BCUT2D eigenvalue weighted by Crippen LogP contribution is -2.22. The molecule has 1 N–H and O–H groups in total. The van der Waals surface area contributed by atoms with Crippen molar-refractivity contribution in [2.45, 2.75) is 33.2 Å². The Morgan fingerprint density at radius 3 is 2.48 bits per heavy atom. The molecular formula is C22H24FN3O. The number of carbonyl (C=O) groups excluding carboxylic acids is 1. The van der Waals surface area contributed by atoms with Crippen molar-refractivity contribution < 1.29 is 9.18 Å². The van der Waals surface area contributed by atoms with Crippen LogP contribution in [0.3, 0.4) is 0 Å². The fourth-order valence-corrected chi connectivity index (χ4v) is 2.80. The summed E-state index contributed by atoms with van der Waals surface area (Å²) in [6, 6.07) is 16.0. The number of nitrogens with one attached hydrogen (secondary N) is 1. The van der Waals surface area contributed by atoms with E-state index in [4.69, 9.17) is 0 Å². The summed E-state index contributed by atoms with van der Waals surface area (Å²) < 4.78 is 15.1. The van der Waals surface area contributed by atoms with E-state index in [1.54, 1.807) is 16.8 Å². The molecule has 0 radical (unpaired) electrons. The van der Waals surface area contributed by atoms with Crippen LogP contribution in [0, 0.1) is 11.7 Å². The second-order valence-electron chi connectivity index (χ2n) is 7.00. The first-order chi connectivity index (χ1) is 13.0. The van der Waals surface area contributed by atoms with Gasteiger partial charge < -0.3 is 5.32 Å². The van der Waals surface area contributed by atoms with E-state index in [1.165, 1.54) is 12.1 Å². The van der Waals surface area contributed by atoms with E-state index in [2.05, 4.69) is 24.3 Å². The topological polar surface area (TPSA) is 46.9 Å². The first-order valence-corrected chi connectivity index (χ1v) is 9.19. The molecule has 1 heterocycles. The highest BCUT2D eigenvalue weighted by atomic mass is 19.1. The normalized spacial score (nSPS) is 11.0. The third kappa shape index (κ3) is 5.03. The average molecular weight is 365 g/mol. The zero-order valence-corrected chi connectivity index (χ0v) is 15.7. The maximum Gasteiger partial charge on any atom is 0.220 e. The van der Waals surface area contributed by atoms with Crippen molar-refractivity contribution in [3.63, 3.8) is 0 Å². The predicted molar refractivity (Wildman–Crippen MR) is 105 cm³/mol. The summed E-state index contributed by atoms with van der Waals surface area (Å²) in [6.07, 6.45) is 3.28. The van der Waals surface area contributed by atoms with Crippen LogP contribution in [0.1, 0.15) is 32.3 Å². The first kappa shape index (κ1) is 18.8. The summed E-state index contributed by atoms with van der Waals surface area (Å²) in [7, 11) is 0. The van der Waals surface area contributed by atoms with Gasteiger partial charge in [-0.3, -0.25) is 4.79 Å². The number of benzene rings is 2. The molecule has 0 bridgehead atoms. The van der Waals surface area contributed by atoms with Crippen molar-refractivity contribution in [1.29, 1.82) is 0 Å². The van der Waals surface area contributed by atoms with Crippen LogP contribution >= 0.6 is 0 Å². The van der Waals surface area contributed by atoms with Gasteiger partial charge in [-0.2, -0.15) is 5.10 Å². The zero-order valence-electron chi connectivity index (χ0n) is 15.7. The molecule has 27 heavy (non-hydrogen) atoms. The molecule has 0 saturated heterocycles. The van der Waals surface area contributed by atoms with Crippen LogP contribution in [-0.4, -0.2) is 15.7 Å². The van der Waals surface area contributed by atoms with Crippen molar-refractivity contribution in [3.05, 3.63) is 72.2 Å². The molecule has 0 unspecified atom stereocenters. The average Bonchev–Trinajstić information content (AvgIpc) is 3.10. The highest BCUT2D eigenvalue weighted by molar-refractivity contribution is 5.76. The van der Waals surface area contributed by atoms with E-state index in [1.807, 2.05) is 36.5 Å². The van der Waals surface area contributed by atoms with Crippen molar-refractivity contribution in [2.24, 2.45) is 5.92 Å². The van der Waals surface area contributed by atoms with E-state index >= 15 is 0 Å². The van der Waals surface area contributed by atoms with Gasteiger partial charge >= 0.3 is 0 Å². The van der Waals surface area contributed by atoms with Crippen LogP contribution in [-0.2, 0) is 11.3 Å². The predicted octanol–water partition coefficient (Wildman–Crippen LogP) is 4.73. The quantitative estimate of drug-likeness (QED) is 0.658. The molecule has 0 atom stereocenters. The Hall–Kier alpha value is -2.95. The Bertz CT molecular complexity index is 886. The number of amides is 1. The number of halogens is 1. The number of aromatic nitrogens is 2. The molecule has 0 aliphatic heterocycles. The Kier molecular flexibility index (Phi) is 6.01. The number of para-hydroxylation sites is 1. The van der Waals surface area contributed by atoms with Crippen LogP contribution in [0.25, 0.3) is 16.9 Å². The van der Waals surface area contributed by atoms with Gasteiger partial charge in [0, 0.05) is 30.3 Å². The van der Waals surface area contributed by atoms with Crippen LogP contribution in [0.15, 0.2) is 60.8 Å². The van der Waals surface area contributed by atoms with Crippen molar-refractivity contribution in [1.82, 2.24) is 15.1 Å². The summed E-state index contributed by atoms with van der Waals surface area (Å²) in [5.74, 6) is 0.234. The molecule has 140 valence electrons. The van der Waals surface area contributed by atoms with Crippen LogP contribution < -0.4 is 5.32 Å². The van der Waals surface area contributed by atoms with Crippen LogP contribution in [0.4, 0.5) is 4.39 Å². The van der Waals surface area contributed by atoms with E-state index in [0.717, 1.165) is 28.9 Å². The number of rotatable bonds is 7. The van der Waals surface area contributed by atoms with Gasteiger partial charge in [-0.15, -0.1) is 0 Å². The molecule has 0 fully saturated rings. The van der Waals surface area contributed by atoms with Gasteiger partial charge in [-0.05, 0) is 48.7 Å². The Balaban J connectivity index is 1.85. The summed E-state index contributed by atoms with van der Waals surface area (Å²) in [5, 5.41) is 7.65. The van der Waals surface area contributed by atoms with Crippen molar-refractivity contribution in [3.8, 4) is 16.9 Å². The minimum atomic E-state index is -0.287. The third-order valence-corrected chi connectivity index (χ3v) is 4.35. The van der Waals surface area contributed by atoms with Crippen molar-refractivity contribution >= 4 is 5.91 Å². The van der Waals surface area contributed by atoms with Gasteiger partial charge in [0.1, 0.15) is 5.82 Å². The zero-order chi connectivity index (χ0) is 19.2. The molecule has 0 saturated carbocycles. The molecule has 3 rings (SSSR count). The van der Waals surface area contributed by atoms with Gasteiger partial charge in [-0.1, -0.05) is 32.0 Å². The summed E-state index contributed by atoms with van der Waals surface area (Å²) in [5.41, 5.74) is 3.38. The molecule has 3 aromatic rings. The molecule has 2 aromatic carbocycles. The minimum absolute atomic E-state index is 0.0289. The third-order valence-electron chi connectivity index (χ3n) is 4.35. The van der Waals surface area contributed by atoms with E-state index in [9.17, 15) is 9.18 Å². The maximum atomic E-state index is 13.3. The highest BCUT2D eigenvalue weighted by Crippen LogP contribution is 2.24. The van der Waals surface area contributed by atoms with Gasteiger partial charge in [-0.25, -0.2) is 9.07 Å². The monoisotopic (exact) mass is 365 g/mol. The lowest BCUT2D eigenvalue weighted by atomic mass is 10.1. The molecule has 5 heteroatoms. The Morgan fingerprint density at radius 2 is 1.81 bits per heavy atom. The lowest BCUT2D eigenvalue weighted by molar-refractivity contribution is -0.121. The second kappa shape index (κ2) is 8.62. The van der Waals surface area contributed by atoms with E-state index < -0.39 is 0 Å². The van der Waals surface area contributed by atoms with Crippen molar-refractivity contribution in [2.75, 3.05) is 0 Å². The lowest BCUT2D eigenvalue weighted by Gasteiger charge is -2.07. The molecule has 1 amide bonds. The second-order valence-corrected chi connectivity index (χ2v) is 7.00. The first-order valence-electron chi connectivity index (χ1n) is 9.19. The van der Waals surface area contributed by atoms with Gasteiger partial charge in [0.05, 0.1) is 11.4 Å². The largest absolute Gasteiger partial charge is 0.352 e. The fraction of sp³-hybridized carbons (Fsp3) is 0.273.